The van der Waals surface area contributed by atoms with E-state index in [2.05, 4.69) is 10.5 Å². The summed E-state index contributed by atoms with van der Waals surface area (Å²) in [6, 6.07) is 11.9. The lowest BCUT2D eigenvalue weighted by Gasteiger charge is -2.19. The number of fused-ring (bicyclic) bond motifs is 1. The van der Waals surface area contributed by atoms with Gasteiger partial charge in [-0.25, -0.2) is 5.43 Å². The second-order valence-electron chi connectivity index (χ2n) is 5.66. The number of hydrogen-bond donors (Lipinski definition) is 1. The van der Waals surface area contributed by atoms with Gasteiger partial charge < -0.3 is 14.2 Å². The Labute approximate surface area is 161 Å². The third kappa shape index (κ3) is 4.68. The Morgan fingerprint density at radius 3 is 2.81 bits per heavy atom. The molecule has 0 aliphatic carbocycles. The molecule has 1 aliphatic rings. The van der Waals surface area contributed by atoms with Gasteiger partial charge in [-0.05, 0) is 48.9 Å². The summed E-state index contributed by atoms with van der Waals surface area (Å²) in [5.74, 6) is 1.12. The number of benzene rings is 2. The lowest BCUT2D eigenvalue weighted by Crippen LogP contribution is -2.33. The Hall–Kier alpha value is -3.24. The van der Waals surface area contributed by atoms with Gasteiger partial charge in [0.2, 0.25) is 0 Å². The van der Waals surface area contributed by atoms with Crippen molar-refractivity contribution >= 4 is 23.7 Å². The van der Waals surface area contributed by atoms with Gasteiger partial charge in [-0.3, -0.25) is 4.79 Å². The molecular weight excluding hydrogens is 370 g/mol. The number of hydrogen-bond acceptors (Lipinski definition) is 6. The maximum Gasteiger partial charge on any atom is 0.280 e. The Morgan fingerprint density at radius 1 is 1.33 bits per heavy atom. The number of carbonyl (C=O) groups is 1. The standard InChI is InChI=1S/C19H16ClN3O4/c1-12(27-15-4-2-13(10-21)3-5-15)19(24)23-22-11-14-8-16(20)18-17(9-14)25-6-7-26-18/h2-5,8-9,11-12H,6-7H2,1H3,(H,23,24)/b22-11-/t12-/m1/s1. The van der Waals surface area contributed by atoms with Crippen LogP contribution in [-0.4, -0.2) is 31.4 Å². The van der Waals surface area contributed by atoms with Gasteiger partial charge in [-0.2, -0.15) is 10.4 Å². The SMILES string of the molecule is C[C@@H](Oc1ccc(C#N)cc1)C(=O)N/N=C\c1cc(Cl)c2c(c1)OCCO2. The number of nitrogens with zero attached hydrogens (tertiary/aromatic N) is 2. The number of ether oxygens (including phenoxy) is 3. The van der Waals surface area contributed by atoms with Crippen LogP contribution >= 0.6 is 11.6 Å². The molecule has 0 saturated carbocycles. The lowest BCUT2D eigenvalue weighted by molar-refractivity contribution is -0.127. The number of amides is 1. The third-order valence-corrected chi connectivity index (χ3v) is 3.95. The number of halogens is 1. The molecule has 3 rings (SSSR count). The normalized spacial score (nSPS) is 13.7. The van der Waals surface area contributed by atoms with Crippen LogP contribution in [0, 0.1) is 11.3 Å². The molecule has 0 fully saturated rings. The number of nitrogens with one attached hydrogen (secondary N) is 1. The summed E-state index contributed by atoms with van der Waals surface area (Å²) in [4.78, 5) is 12.1. The zero-order valence-electron chi connectivity index (χ0n) is 14.4. The topological polar surface area (TPSA) is 92.9 Å². The van der Waals surface area contributed by atoms with Crippen molar-refractivity contribution in [2.45, 2.75) is 13.0 Å². The highest BCUT2D eigenvalue weighted by atomic mass is 35.5. The van der Waals surface area contributed by atoms with Crippen LogP contribution in [0.25, 0.3) is 0 Å². The molecule has 1 amide bonds. The molecule has 0 unspecified atom stereocenters. The first-order chi connectivity index (χ1) is 13.1. The molecule has 2 aromatic rings. The second kappa shape index (κ2) is 8.43. The highest BCUT2D eigenvalue weighted by molar-refractivity contribution is 6.32. The quantitative estimate of drug-likeness (QED) is 0.631. The number of carbonyl (C=O) groups excluding carboxylic acids is 1. The minimum atomic E-state index is -0.765. The fraction of sp³-hybridized carbons (Fsp3) is 0.211. The van der Waals surface area contributed by atoms with Crippen molar-refractivity contribution in [2.75, 3.05) is 13.2 Å². The van der Waals surface area contributed by atoms with Gasteiger partial charge in [0, 0.05) is 0 Å². The van der Waals surface area contributed by atoms with Crippen LogP contribution in [0.5, 0.6) is 17.2 Å². The van der Waals surface area contributed by atoms with E-state index in [-0.39, 0.29) is 0 Å². The Morgan fingerprint density at radius 2 is 2.07 bits per heavy atom. The van der Waals surface area contributed by atoms with Crippen molar-refractivity contribution in [2.24, 2.45) is 5.10 Å². The van der Waals surface area contributed by atoms with Gasteiger partial charge in [0.1, 0.15) is 19.0 Å². The second-order valence-corrected chi connectivity index (χ2v) is 6.06. The molecule has 1 aliphatic heterocycles. The third-order valence-electron chi connectivity index (χ3n) is 3.67. The largest absolute Gasteiger partial charge is 0.486 e. The predicted octanol–water partition coefficient (Wildman–Crippen LogP) is 2.90. The summed E-state index contributed by atoms with van der Waals surface area (Å²) in [6.07, 6.45) is 0.690. The van der Waals surface area contributed by atoms with E-state index in [1.807, 2.05) is 6.07 Å². The van der Waals surface area contributed by atoms with Gasteiger partial charge in [-0.1, -0.05) is 11.6 Å². The minimum Gasteiger partial charge on any atom is -0.486 e. The van der Waals surface area contributed by atoms with Crippen LogP contribution in [0.15, 0.2) is 41.5 Å². The van der Waals surface area contributed by atoms with Crippen LogP contribution in [0.1, 0.15) is 18.1 Å². The number of nitriles is 1. The summed E-state index contributed by atoms with van der Waals surface area (Å²) >= 11 is 6.16. The summed E-state index contributed by atoms with van der Waals surface area (Å²) in [5.41, 5.74) is 3.58. The van der Waals surface area contributed by atoms with Crippen LogP contribution in [0.2, 0.25) is 5.02 Å². The summed E-state index contributed by atoms with van der Waals surface area (Å²) < 4.78 is 16.5. The van der Waals surface area contributed by atoms with Gasteiger partial charge >= 0.3 is 0 Å². The first-order valence-electron chi connectivity index (χ1n) is 8.15. The maximum absolute atomic E-state index is 12.1. The molecule has 7 nitrogen and oxygen atoms in total. The van der Waals surface area contributed by atoms with Crippen LogP contribution < -0.4 is 19.6 Å². The first kappa shape index (κ1) is 18.5. The zero-order chi connectivity index (χ0) is 19.2. The van der Waals surface area contributed by atoms with E-state index in [9.17, 15) is 4.79 Å². The van der Waals surface area contributed by atoms with Crippen molar-refractivity contribution in [1.82, 2.24) is 5.43 Å². The van der Waals surface area contributed by atoms with Crippen molar-refractivity contribution in [3.8, 4) is 23.3 Å². The molecule has 2 aromatic carbocycles. The van der Waals surface area contributed by atoms with Gasteiger partial charge in [0.05, 0.1) is 22.9 Å². The van der Waals surface area contributed by atoms with E-state index in [1.54, 1.807) is 43.3 Å². The fourth-order valence-electron chi connectivity index (χ4n) is 2.33. The van der Waals surface area contributed by atoms with E-state index >= 15 is 0 Å². The highest BCUT2D eigenvalue weighted by Gasteiger charge is 2.17. The minimum absolute atomic E-state index is 0.414. The predicted molar refractivity (Wildman–Crippen MR) is 99.4 cm³/mol. The summed E-state index contributed by atoms with van der Waals surface area (Å²) in [5, 5.41) is 13.1. The fourth-order valence-corrected chi connectivity index (χ4v) is 2.61. The van der Waals surface area contributed by atoms with Gasteiger partial charge in [-0.15, -0.1) is 0 Å². The molecule has 0 bridgehead atoms. The molecule has 1 N–H and O–H groups in total. The molecule has 27 heavy (non-hydrogen) atoms. The molecule has 138 valence electrons. The van der Waals surface area contributed by atoms with E-state index in [1.165, 1.54) is 6.21 Å². The van der Waals surface area contributed by atoms with Gasteiger partial charge in [0.25, 0.3) is 5.91 Å². The van der Waals surface area contributed by atoms with Crippen LogP contribution in [0.4, 0.5) is 0 Å². The molecule has 0 saturated heterocycles. The lowest BCUT2D eigenvalue weighted by atomic mass is 10.2. The number of rotatable bonds is 5. The zero-order valence-corrected chi connectivity index (χ0v) is 15.2. The molecule has 0 aromatic heterocycles. The van der Waals surface area contributed by atoms with E-state index in [4.69, 9.17) is 31.1 Å². The van der Waals surface area contributed by atoms with Crippen molar-refractivity contribution in [3.63, 3.8) is 0 Å². The average molecular weight is 386 g/mol. The Kier molecular flexibility index (Phi) is 5.79. The molecule has 0 spiro atoms. The Balaban J connectivity index is 1.58. The Bertz CT molecular complexity index is 906. The summed E-state index contributed by atoms with van der Waals surface area (Å²) in [6.45, 7) is 2.50. The maximum atomic E-state index is 12.1. The van der Waals surface area contributed by atoms with Crippen LogP contribution in [-0.2, 0) is 4.79 Å². The number of hydrazone groups is 1. The van der Waals surface area contributed by atoms with Crippen molar-refractivity contribution in [1.29, 1.82) is 5.26 Å². The smallest absolute Gasteiger partial charge is 0.280 e. The van der Waals surface area contributed by atoms with Crippen LogP contribution in [0.3, 0.4) is 0 Å². The molecule has 0 radical (unpaired) electrons. The molecule has 1 heterocycles. The average Bonchev–Trinajstić information content (AvgIpc) is 2.68. The van der Waals surface area contributed by atoms with Crippen molar-refractivity contribution < 1.29 is 19.0 Å². The molecular formula is C19H16ClN3O4. The first-order valence-corrected chi connectivity index (χ1v) is 8.53. The van der Waals surface area contributed by atoms with Gasteiger partial charge in [0.15, 0.2) is 17.6 Å². The molecule has 8 heteroatoms. The van der Waals surface area contributed by atoms with E-state index in [0.29, 0.717) is 46.6 Å². The highest BCUT2D eigenvalue weighted by Crippen LogP contribution is 2.37. The van der Waals surface area contributed by atoms with E-state index < -0.39 is 12.0 Å². The monoisotopic (exact) mass is 385 g/mol. The van der Waals surface area contributed by atoms with Crippen molar-refractivity contribution in [3.05, 3.63) is 52.5 Å². The van der Waals surface area contributed by atoms with E-state index in [0.717, 1.165) is 0 Å². The molecule has 1 atom stereocenters. The summed E-state index contributed by atoms with van der Waals surface area (Å²) in [7, 11) is 0.